The van der Waals surface area contributed by atoms with Gasteiger partial charge in [-0.15, -0.1) is 0 Å². The Bertz CT molecular complexity index is 283. The van der Waals surface area contributed by atoms with Gasteiger partial charge in [-0.1, -0.05) is 0 Å². The van der Waals surface area contributed by atoms with Crippen molar-refractivity contribution in [2.75, 3.05) is 6.61 Å². The van der Waals surface area contributed by atoms with E-state index in [1.165, 1.54) is 0 Å². The van der Waals surface area contributed by atoms with Crippen LogP contribution in [-0.2, 0) is 9.59 Å². The first kappa shape index (κ1) is 15.9. The Morgan fingerprint density at radius 1 is 1.06 bits per heavy atom. The van der Waals surface area contributed by atoms with Crippen molar-refractivity contribution in [3.05, 3.63) is 0 Å². The number of Topliss-reactive ketones (excluding diaryl/α,β-unsaturated/α-hetero) is 1. The first-order chi connectivity index (χ1) is 7.73. The predicted octanol–water partition coefficient (Wildman–Crippen LogP) is -4.60. The lowest BCUT2D eigenvalue weighted by Gasteiger charge is -2.25. The molecule has 9 heteroatoms. The Morgan fingerprint density at radius 3 is 1.88 bits per heavy atom. The first-order valence-electron chi connectivity index (χ1n) is 4.59. The van der Waals surface area contributed by atoms with Crippen molar-refractivity contribution in [3.63, 3.8) is 0 Å². The molecular formula is C8H15NO8. The molecule has 0 spiro atoms. The molecule has 0 aromatic carbocycles. The van der Waals surface area contributed by atoms with Crippen molar-refractivity contribution in [3.8, 4) is 0 Å². The van der Waals surface area contributed by atoms with Crippen LogP contribution in [0.15, 0.2) is 0 Å². The molecule has 0 amide bonds. The lowest BCUT2D eigenvalue weighted by molar-refractivity contribution is -0.155. The molecule has 17 heavy (non-hydrogen) atoms. The zero-order valence-electron chi connectivity index (χ0n) is 8.67. The molecule has 9 nitrogen and oxygen atoms in total. The number of carboxylic acid groups (broad SMARTS) is 1. The minimum absolute atomic E-state index is 0.888. The summed E-state index contributed by atoms with van der Waals surface area (Å²) in [5.74, 6) is -3.27. The van der Waals surface area contributed by atoms with Gasteiger partial charge < -0.3 is 36.4 Å². The Labute approximate surface area is 95.7 Å². The molecule has 0 heterocycles. The van der Waals surface area contributed by atoms with Crippen LogP contribution in [0.3, 0.4) is 0 Å². The van der Waals surface area contributed by atoms with Crippen LogP contribution < -0.4 is 5.73 Å². The quantitative estimate of drug-likeness (QED) is 0.219. The molecule has 1 unspecified atom stereocenters. The molecule has 0 aliphatic heterocycles. The monoisotopic (exact) mass is 253 g/mol. The first-order valence-corrected chi connectivity index (χ1v) is 4.59. The maximum atomic E-state index is 11.2. The molecule has 8 N–H and O–H groups in total. The second kappa shape index (κ2) is 6.59. The van der Waals surface area contributed by atoms with E-state index >= 15 is 0 Å². The van der Waals surface area contributed by atoms with Crippen LogP contribution in [0.25, 0.3) is 0 Å². The van der Waals surface area contributed by atoms with E-state index in [4.69, 9.17) is 26.2 Å². The molecule has 5 atom stereocenters. The van der Waals surface area contributed by atoms with Gasteiger partial charge >= 0.3 is 5.97 Å². The number of carboxylic acids is 1. The molecule has 0 rings (SSSR count). The molecule has 0 bridgehead atoms. The molecule has 100 valence electrons. The third-order valence-electron chi connectivity index (χ3n) is 2.13. The molecule has 0 saturated heterocycles. The fraction of sp³-hybridized carbons (Fsp3) is 0.750. The molecule has 0 aliphatic rings. The van der Waals surface area contributed by atoms with E-state index in [2.05, 4.69) is 0 Å². The summed E-state index contributed by atoms with van der Waals surface area (Å²) in [7, 11) is 0. The SMILES string of the molecule is N[C@@H](C(=O)C(O)C(=O)O)[C@@H](O)[C@H](O)[C@H](O)CO. The number of aliphatic carboxylic acids is 1. The average Bonchev–Trinajstić information content (AvgIpc) is 2.32. The molecule has 0 aliphatic carbocycles. The van der Waals surface area contributed by atoms with Crippen LogP contribution >= 0.6 is 0 Å². The smallest absolute Gasteiger partial charge is 0.340 e. The van der Waals surface area contributed by atoms with Gasteiger partial charge in [-0.3, -0.25) is 4.79 Å². The summed E-state index contributed by atoms with van der Waals surface area (Å²) >= 11 is 0. The summed E-state index contributed by atoms with van der Waals surface area (Å²) in [6.07, 6.45) is -8.14. The lowest BCUT2D eigenvalue weighted by Crippen LogP contribution is -2.56. The van der Waals surface area contributed by atoms with Gasteiger partial charge in [-0.05, 0) is 0 Å². The van der Waals surface area contributed by atoms with Gasteiger partial charge in [0, 0.05) is 0 Å². The van der Waals surface area contributed by atoms with Crippen LogP contribution in [-0.4, -0.2) is 79.5 Å². The van der Waals surface area contributed by atoms with Crippen molar-refractivity contribution >= 4 is 11.8 Å². The number of hydrogen-bond donors (Lipinski definition) is 7. The van der Waals surface area contributed by atoms with Gasteiger partial charge in [0.25, 0.3) is 0 Å². The van der Waals surface area contributed by atoms with Crippen LogP contribution in [0.2, 0.25) is 0 Å². The fourth-order valence-electron chi connectivity index (χ4n) is 1.02. The van der Waals surface area contributed by atoms with E-state index in [1.54, 1.807) is 0 Å². The van der Waals surface area contributed by atoms with Crippen molar-refractivity contribution in [2.24, 2.45) is 5.73 Å². The molecule has 0 aromatic rings. The molecule has 0 fully saturated rings. The van der Waals surface area contributed by atoms with Crippen LogP contribution in [0, 0.1) is 0 Å². The summed E-state index contributed by atoms with van der Waals surface area (Å²) in [5, 5.41) is 53.1. The largest absolute Gasteiger partial charge is 0.479 e. The highest BCUT2D eigenvalue weighted by Crippen LogP contribution is 2.06. The summed E-state index contributed by atoms with van der Waals surface area (Å²) in [6.45, 7) is -0.888. The molecule has 0 saturated carbocycles. The van der Waals surface area contributed by atoms with Gasteiger partial charge in [-0.2, -0.15) is 0 Å². The number of hydrogen-bond acceptors (Lipinski definition) is 8. The van der Waals surface area contributed by atoms with E-state index in [0.717, 1.165) is 0 Å². The number of nitrogens with two attached hydrogens (primary N) is 1. The number of aliphatic hydroxyl groups excluding tert-OH is 5. The van der Waals surface area contributed by atoms with E-state index < -0.39 is 48.8 Å². The highest BCUT2D eigenvalue weighted by atomic mass is 16.4. The van der Waals surface area contributed by atoms with Gasteiger partial charge in [0.2, 0.25) is 6.10 Å². The molecular weight excluding hydrogens is 238 g/mol. The van der Waals surface area contributed by atoms with E-state index in [0.29, 0.717) is 0 Å². The highest BCUT2D eigenvalue weighted by Gasteiger charge is 2.37. The van der Waals surface area contributed by atoms with Crippen LogP contribution in [0.1, 0.15) is 0 Å². The maximum absolute atomic E-state index is 11.2. The number of aliphatic hydroxyl groups is 5. The van der Waals surface area contributed by atoms with Gasteiger partial charge in [-0.25, -0.2) is 4.79 Å². The van der Waals surface area contributed by atoms with Crippen LogP contribution in [0.5, 0.6) is 0 Å². The average molecular weight is 253 g/mol. The third kappa shape index (κ3) is 4.00. The van der Waals surface area contributed by atoms with E-state index in [1.807, 2.05) is 0 Å². The summed E-state index contributed by atoms with van der Waals surface area (Å²) in [5.41, 5.74) is 5.12. The normalized spacial score (nSPS) is 20.1. The topological polar surface area (TPSA) is 182 Å². The highest BCUT2D eigenvalue weighted by molar-refractivity contribution is 6.03. The number of ketones is 1. The van der Waals surface area contributed by atoms with Gasteiger partial charge in [0.05, 0.1) is 12.6 Å². The summed E-state index contributed by atoms with van der Waals surface area (Å²) in [4.78, 5) is 21.4. The second-order valence-electron chi connectivity index (χ2n) is 3.40. The van der Waals surface area contributed by atoms with Crippen molar-refractivity contribution in [1.82, 2.24) is 0 Å². The van der Waals surface area contributed by atoms with Crippen LogP contribution in [0.4, 0.5) is 0 Å². The Hall–Kier alpha value is -1.10. The standard InChI is InChI=1S/C8H15NO8/c9-3(6(14)7(15)8(16)17)5(13)4(12)2(11)1-10/h2-5,7,10-13,15H,1,9H2,(H,16,17)/t2-,3-,4-,5-,7?/m1/s1. The fourth-order valence-corrected chi connectivity index (χ4v) is 1.02. The van der Waals surface area contributed by atoms with E-state index in [-0.39, 0.29) is 0 Å². The van der Waals surface area contributed by atoms with Crippen molar-refractivity contribution < 1.29 is 40.2 Å². The van der Waals surface area contributed by atoms with Gasteiger partial charge in [0.15, 0.2) is 5.78 Å². The minimum Gasteiger partial charge on any atom is -0.479 e. The Kier molecular flexibility index (Phi) is 6.16. The molecule has 0 radical (unpaired) electrons. The van der Waals surface area contributed by atoms with E-state index in [9.17, 15) is 19.8 Å². The summed E-state index contributed by atoms with van der Waals surface area (Å²) in [6, 6.07) is -1.91. The zero-order chi connectivity index (χ0) is 13.7. The molecule has 0 aromatic heterocycles. The Balaban J connectivity index is 4.64. The zero-order valence-corrected chi connectivity index (χ0v) is 8.67. The van der Waals surface area contributed by atoms with Crippen molar-refractivity contribution in [2.45, 2.75) is 30.5 Å². The predicted molar refractivity (Wildman–Crippen MR) is 51.7 cm³/mol. The second-order valence-corrected chi connectivity index (χ2v) is 3.40. The lowest BCUT2D eigenvalue weighted by atomic mass is 9.96. The maximum Gasteiger partial charge on any atom is 0.340 e. The van der Waals surface area contributed by atoms with Crippen molar-refractivity contribution in [1.29, 1.82) is 0 Å². The Morgan fingerprint density at radius 2 is 1.53 bits per heavy atom. The van der Waals surface area contributed by atoms with Gasteiger partial charge in [0.1, 0.15) is 18.3 Å². The minimum atomic E-state index is -2.43. The number of carbonyl (C=O) groups is 2. The summed E-state index contributed by atoms with van der Waals surface area (Å²) < 4.78 is 0. The number of carbonyl (C=O) groups excluding carboxylic acids is 1. The number of rotatable bonds is 7. The third-order valence-corrected chi connectivity index (χ3v) is 2.13.